The summed E-state index contributed by atoms with van der Waals surface area (Å²) in [4.78, 5) is 14.1. The number of hydrogen-bond donors (Lipinski definition) is 1. The summed E-state index contributed by atoms with van der Waals surface area (Å²) in [5.74, 6) is 2.04. The zero-order valence-electron chi connectivity index (χ0n) is 13.8. The van der Waals surface area contributed by atoms with E-state index in [1.54, 1.807) is 11.0 Å². The van der Waals surface area contributed by atoms with E-state index >= 15 is 0 Å². The second-order valence-corrected chi connectivity index (χ2v) is 6.64. The lowest BCUT2D eigenvalue weighted by molar-refractivity contribution is -0.122. The molecule has 1 amide bonds. The van der Waals surface area contributed by atoms with Gasteiger partial charge in [0.05, 0.1) is 0 Å². The van der Waals surface area contributed by atoms with Gasteiger partial charge in [-0.05, 0) is 55.7 Å². The van der Waals surface area contributed by atoms with Gasteiger partial charge in [0, 0.05) is 12.1 Å². The van der Waals surface area contributed by atoms with Crippen molar-refractivity contribution in [2.24, 2.45) is 0 Å². The van der Waals surface area contributed by atoms with Crippen molar-refractivity contribution in [1.29, 1.82) is 0 Å². The van der Waals surface area contributed by atoms with Crippen LogP contribution in [0.15, 0.2) is 46.5 Å². The first-order valence-corrected chi connectivity index (χ1v) is 8.66. The minimum atomic E-state index is -0.0818. The predicted molar refractivity (Wildman–Crippen MR) is 97.8 cm³/mol. The van der Waals surface area contributed by atoms with E-state index in [-0.39, 0.29) is 11.9 Å². The Kier molecular flexibility index (Phi) is 4.05. The van der Waals surface area contributed by atoms with Crippen molar-refractivity contribution in [3.05, 3.63) is 59.2 Å². The minimum absolute atomic E-state index is 0.0818. The van der Waals surface area contributed by atoms with Crippen molar-refractivity contribution in [2.45, 2.75) is 32.4 Å². The number of nitrogens with zero attached hydrogens (tertiary/aromatic N) is 1. The fourth-order valence-corrected chi connectivity index (χ4v) is 3.11. The van der Waals surface area contributed by atoms with E-state index in [1.165, 1.54) is 0 Å². The SMILES string of the molecule is Cc1ccccc1OCc1ccc(/C=C2/NC(=S)N(C3CC3)C2=O)o1. The summed E-state index contributed by atoms with van der Waals surface area (Å²) >= 11 is 5.24. The van der Waals surface area contributed by atoms with Crippen LogP contribution >= 0.6 is 12.2 Å². The molecule has 2 aliphatic rings. The summed E-state index contributed by atoms with van der Waals surface area (Å²) in [7, 11) is 0. The number of thiocarbonyl (C=S) groups is 1. The standard InChI is InChI=1S/C19H18N2O3S/c1-12-4-2-3-5-17(12)23-11-15-9-8-14(24-15)10-16-18(22)21(13-6-7-13)19(25)20-16/h2-5,8-10,13H,6-7,11H2,1H3,(H,20,25)/b16-10+. The third kappa shape index (κ3) is 3.30. The second kappa shape index (κ2) is 6.37. The summed E-state index contributed by atoms with van der Waals surface area (Å²) in [6.07, 6.45) is 3.72. The molecule has 1 aliphatic carbocycles. The van der Waals surface area contributed by atoms with E-state index in [2.05, 4.69) is 5.32 Å². The van der Waals surface area contributed by atoms with Crippen LogP contribution in [0.25, 0.3) is 6.08 Å². The van der Waals surface area contributed by atoms with Gasteiger partial charge in [-0.2, -0.15) is 0 Å². The number of amides is 1. The molecule has 1 N–H and O–H groups in total. The number of nitrogens with one attached hydrogen (secondary N) is 1. The lowest BCUT2D eigenvalue weighted by Crippen LogP contribution is -2.32. The van der Waals surface area contributed by atoms with Crippen LogP contribution in [0.2, 0.25) is 0 Å². The lowest BCUT2D eigenvalue weighted by atomic mass is 10.2. The zero-order chi connectivity index (χ0) is 17.4. The third-order valence-electron chi connectivity index (χ3n) is 4.25. The number of furan rings is 1. The number of hydrogen-bond acceptors (Lipinski definition) is 4. The molecule has 2 heterocycles. The summed E-state index contributed by atoms with van der Waals surface area (Å²) in [6, 6.07) is 11.8. The molecular formula is C19H18N2O3S. The van der Waals surface area contributed by atoms with E-state index in [1.807, 2.05) is 43.3 Å². The maximum Gasteiger partial charge on any atom is 0.276 e. The van der Waals surface area contributed by atoms with E-state index in [0.29, 0.717) is 28.9 Å². The molecule has 5 nitrogen and oxygen atoms in total. The van der Waals surface area contributed by atoms with Gasteiger partial charge in [-0.1, -0.05) is 18.2 Å². The molecule has 128 valence electrons. The summed E-state index contributed by atoms with van der Waals surface area (Å²) in [6.45, 7) is 2.33. The molecule has 2 aromatic rings. The van der Waals surface area contributed by atoms with Gasteiger partial charge in [-0.3, -0.25) is 9.69 Å². The van der Waals surface area contributed by atoms with E-state index in [0.717, 1.165) is 24.2 Å². The first kappa shape index (κ1) is 15.9. The Labute approximate surface area is 151 Å². The molecule has 25 heavy (non-hydrogen) atoms. The van der Waals surface area contributed by atoms with Crippen LogP contribution in [-0.2, 0) is 11.4 Å². The average molecular weight is 354 g/mol. The van der Waals surface area contributed by atoms with Gasteiger partial charge in [0.2, 0.25) is 0 Å². The second-order valence-electron chi connectivity index (χ2n) is 6.25. The maximum absolute atomic E-state index is 12.4. The van der Waals surface area contributed by atoms with Gasteiger partial charge in [0.15, 0.2) is 5.11 Å². The first-order chi connectivity index (χ1) is 12.1. The summed E-state index contributed by atoms with van der Waals surface area (Å²) in [5, 5.41) is 3.46. The van der Waals surface area contributed by atoms with Crippen LogP contribution in [0.3, 0.4) is 0 Å². The van der Waals surface area contributed by atoms with Crippen LogP contribution in [0.5, 0.6) is 5.75 Å². The van der Waals surface area contributed by atoms with Crippen LogP contribution in [0.1, 0.15) is 29.9 Å². The fraction of sp³-hybridized carbons (Fsp3) is 0.263. The van der Waals surface area contributed by atoms with Crippen molar-refractivity contribution in [3.63, 3.8) is 0 Å². The molecule has 0 atom stereocenters. The first-order valence-electron chi connectivity index (χ1n) is 8.25. The molecule has 0 unspecified atom stereocenters. The number of aryl methyl sites for hydroxylation is 1. The van der Waals surface area contributed by atoms with Gasteiger partial charge in [0.25, 0.3) is 5.91 Å². The molecule has 1 aromatic heterocycles. The predicted octanol–water partition coefficient (Wildman–Crippen LogP) is 3.39. The normalized spacial score (nSPS) is 18.8. The smallest absolute Gasteiger partial charge is 0.276 e. The molecule has 0 radical (unpaired) electrons. The minimum Gasteiger partial charge on any atom is -0.485 e. The van der Waals surface area contributed by atoms with Crippen LogP contribution in [-0.4, -0.2) is 22.0 Å². The Bertz CT molecular complexity index is 867. The Morgan fingerprint density at radius 3 is 2.88 bits per heavy atom. The number of para-hydroxylation sites is 1. The van der Waals surface area contributed by atoms with E-state index in [4.69, 9.17) is 21.4 Å². The van der Waals surface area contributed by atoms with Gasteiger partial charge < -0.3 is 14.5 Å². The topological polar surface area (TPSA) is 54.7 Å². The molecule has 4 rings (SSSR count). The largest absolute Gasteiger partial charge is 0.485 e. The van der Waals surface area contributed by atoms with Crippen LogP contribution < -0.4 is 10.1 Å². The maximum atomic E-state index is 12.4. The number of rotatable bonds is 5. The molecule has 1 aromatic carbocycles. The number of ether oxygens (including phenoxy) is 1. The zero-order valence-corrected chi connectivity index (χ0v) is 14.6. The third-order valence-corrected chi connectivity index (χ3v) is 4.55. The van der Waals surface area contributed by atoms with Gasteiger partial charge in [0.1, 0.15) is 29.6 Å². The van der Waals surface area contributed by atoms with Gasteiger partial charge in [-0.25, -0.2) is 0 Å². The molecule has 6 heteroatoms. The molecule has 1 saturated carbocycles. The highest BCUT2D eigenvalue weighted by Crippen LogP contribution is 2.31. The molecule has 2 fully saturated rings. The average Bonchev–Trinajstić information content (AvgIpc) is 3.25. The van der Waals surface area contributed by atoms with Gasteiger partial charge in [-0.15, -0.1) is 0 Å². The Hall–Kier alpha value is -2.60. The fourth-order valence-electron chi connectivity index (χ4n) is 2.77. The lowest BCUT2D eigenvalue weighted by Gasteiger charge is -2.11. The molecule has 1 saturated heterocycles. The van der Waals surface area contributed by atoms with E-state index < -0.39 is 0 Å². The Morgan fingerprint density at radius 2 is 2.12 bits per heavy atom. The number of carbonyl (C=O) groups is 1. The highest BCUT2D eigenvalue weighted by atomic mass is 32.1. The quantitative estimate of drug-likeness (QED) is 0.659. The van der Waals surface area contributed by atoms with Crippen molar-refractivity contribution >= 4 is 29.3 Å². The summed E-state index contributed by atoms with van der Waals surface area (Å²) < 4.78 is 11.5. The Morgan fingerprint density at radius 1 is 1.32 bits per heavy atom. The molecule has 1 aliphatic heterocycles. The summed E-state index contributed by atoms with van der Waals surface area (Å²) in [5.41, 5.74) is 1.53. The highest BCUT2D eigenvalue weighted by molar-refractivity contribution is 7.80. The van der Waals surface area contributed by atoms with Crippen LogP contribution in [0, 0.1) is 6.92 Å². The van der Waals surface area contributed by atoms with Crippen molar-refractivity contribution in [1.82, 2.24) is 10.2 Å². The Balaban J connectivity index is 1.44. The molecule has 0 bridgehead atoms. The number of benzene rings is 1. The van der Waals surface area contributed by atoms with Crippen molar-refractivity contribution in [3.8, 4) is 5.75 Å². The molecular weight excluding hydrogens is 336 g/mol. The molecule has 0 spiro atoms. The van der Waals surface area contributed by atoms with Gasteiger partial charge >= 0.3 is 0 Å². The van der Waals surface area contributed by atoms with E-state index in [9.17, 15) is 4.79 Å². The highest BCUT2D eigenvalue weighted by Gasteiger charge is 2.41. The van der Waals surface area contributed by atoms with Crippen LogP contribution in [0.4, 0.5) is 0 Å². The number of carbonyl (C=O) groups excluding carboxylic acids is 1. The van der Waals surface area contributed by atoms with Crippen molar-refractivity contribution < 1.29 is 13.9 Å². The monoisotopic (exact) mass is 354 g/mol. The van der Waals surface area contributed by atoms with Crippen molar-refractivity contribution in [2.75, 3.05) is 0 Å².